The fourth-order valence-corrected chi connectivity index (χ4v) is 9.62. The molecule has 0 atom stereocenters. The van der Waals surface area contributed by atoms with Crippen LogP contribution in [0.5, 0.6) is 23.0 Å². The summed E-state index contributed by atoms with van der Waals surface area (Å²) in [5, 5.41) is 2.08. The molecule has 7 heteroatoms. The lowest BCUT2D eigenvalue weighted by Crippen LogP contribution is -2.31. The Bertz CT molecular complexity index is 4480. The van der Waals surface area contributed by atoms with Gasteiger partial charge in [-0.15, -0.1) is 0 Å². The SMILES string of the molecule is [2H]c1c([2H])c([2H])c(-c2cccc(-c3c([2H])c([2H])c([2H])c([2H])c3[2H])c2-[n+]2[c-]n(-c3ccc4c(c3)N(c3ccc5c6ccccc6n(-c6cc(C(C)(C)C)ccn6)c5c3)c3ccccc3Oc3ccccc3O4)c3ccccc32)c([2H])c1[2H]. The van der Waals surface area contributed by atoms with Gasteiger partial charge in [-0.3, -0.25) is 13.7 Å². The maximum Gasteiger partial charge on any atom is 0.269 e. The molecular weight excluding hydrogens is 871 g/mol. The minimum Gasteiger partial charge on any atom is -0.451 e. The van der Waals surface area contributed by atoms with E-state index in [-0.39, 0.29) is 33.4 Å². The molecule has 0 spiro atoms. The molecule has 3 aromatic heterocycles. The minimum atomic E-state index is -0.580. The Labute approximate surface area is 426 Å². The van der Waals surface area contributed by atoms with E-state index in [1.54, 1.807) is 22.8 Å². The van der Waals surface area contributed by atoms with Crippen molar-refractivity contribution in [1.82, 2.24) is 14.1 Å². The zero-order valence-corrected chi connectivity index (χ0v) is 38.7. The summed E-state index contributed by atoms with van der Waals surface area (Å²) in [7, 11) is 0. The average molecular weight is 928 g/mol. The normalized spacial score (nSPS) is 14.3. The van der Waals surface area contributed by atoms with Crippen LogP contribution in [0.1, 0.15) is 40.0 Å². The van der Waals surface area contributed by atoms with Gasteiger partial charge in [-0.05, 0) is 106 Å². The molecule has 9 aromatic carbocycles. The van der Waals surface area contributed by atoms with E-state index in [0.29, 0.717) is 51.1 Å². The molecule has 0 radical (unpaired) electrons. The van der Waals surface area contributed by atoms with Crippen LogP contribution in [0.15, 0.2) is 230 Å². The van der Waals surface area contributed by atoms with E-state index in [4.69, 9.17) is 22.7 Å². The number of para-hydroxylation sites is 8. The number of hydrogen-bond acceptors (Lipinski definition) is 4. The fourth-order valence-electron chi connectivity index (χ4n) is 9.62. The molecule has 0 unspecified atom stereocenters. The number of anilines is 3. The van der Waals surface area contributed by atoms with E-state index in [0.717, 1.165) is 38.9 Å². The topological polar surface area (TPSA) is 48.3 Å². The van der Waals surface area contributed by atoms with E-state index in [2.05, 4.69) is 79.0 Å². The van der Waals surface area contributed by atoms with Crippen LogP contribution < -0.4 is 18.9 Å². The molecule has 0 aliphatic carbocycles. The van der Waals surface area contributed by atoms with E-state index in [9.17, 15) is 5.48 Å². The van der Waals surface area contributed by atoms with Gasteiger partial charge in [0.15, 0.2) is 23.0 Å². The lowest BCUT2D eigenvalue weighted by atomic mass is 9.88. The summed E-state index contributed by atoms with van der Waals surface area (Å²) in [6.07, 6.45) is 5.41. The van der Waals surface area contributed by atoms with Crippen molar-refractivity contribution in [2.75, 3.05) is 4.90 Å². The lowest BCUT2D eigenvalue weighted by molar-refractivity contribution is -0.571. The molecule has 0 fully saturated rings. The van der Waals surface area contributed by atoms with Crippen LogP contribution in [0.2, 0.25) is 0 Å². The van der Waals surface area contributed by atoms with Crippen LogP contribution in [-0.4, -0.2) is 14.1 Å². The van der Waals surface area contributed by atoms with Gasteiger partial charge in [0.25, 0.3) is 6.33 Å². The average Bonchev–Trinajstić information content (AvgIpc) is 4.14. The molecule has 13 rings (SSSR count). The van der Waals surface area contributed by atoms with E-state index in [1.807, 2.05) is 114 Å². The molecule has 340 valence electrons. The summed E-state index contributed by atoms with van der Waals surface area (Å²) in [5.41, 5.74) is 6.81. The zero-order chi connectivity index (χ0) is 56.3. The first-order valence-corrected chi connectivity index (χ1v) is 23.2. The quantitative estimate of drug-likeness (QED) is 0.123. The van der Waals surface area contributed by atoms with Crippen molar-refractivity contribution in [2.45, 2.75) is 26.2 Å². The highest BCUT2D eigenvalue weighted by Crippen LogP contribution is 2.51. The molecule has 71 heavy (non-hydrogen) atoms. The molecular formula is C64H47N5O2. The Kier molecular flexibility index (Phi) is 7.69. The largest absolute Gasteiger partial charge is 0.451 e. The third-order valence-corrected chi connectivity index (χ3v) is 13.0. The standard InChI is InChI=1S/C64H47N5O2/c1-64(2,3)45-37-38-65-62(39-45)69-52-26-11-10-23-50(52)51-35-33-47(41-56(51)69)68-55-29-14-15-30-58(55)70-60-31-16-17-32-61(60)71-59-36-34-46(40-57(59)68)66-42-67(54-28-13-12-27-53(54)66)63-48(43-19-6-4-7-20-43)24-18-25-49(63)44-21-8-5-9-22-44/h4-41H,1-3H3/i4D,5D,6D,7D,8D,9D,19D,20D,21D,22D. The summed E-state index contributed by atoms with van der Waals surface area (Å²) in [4.78, 5) is 7.07. The first kappa shape index (κ1) is 32.5. The molecule has 7 nitrogen and oxygen atoms in total. The maximum absolute atomic E-state index is 9.19. The highest BCUT2D eigenvalue weighted by molar-refractivity contribution is 6.10. The minimum absolute atomic E-state index is 0.137. The van der Waals surface area contributed by atoms with Crippen molar-refractivity contribution in [1.29, 1.82) is 0 Å². The van der Waals surface area contributed by atoms with Gasteiger partial charge in [0.2, 0.25) is 0 Å². The molecule has 1 aliphatic rings. The number of rotatable bonds is 6. The highest BCUT2D eigenvalue weighted by Gasteiger charge is 2.28. The van der Waals surface area contributed by atoms with Crippen LogP contribution in [0.25, 0.3) is 72.3 Å². The second-order valence-electron chi connectivity index (χ2n) is 18.3. The number of fused-ring (bicyclic) bond motifs is 7. The number of imidazole rings is 1. The molecule has 0 amide bonds. The smallest absolute Gasteiger partial charge is 0.269 e. The van der Waals surface area contributed by atoms with Crippen molar-refractivity contribution in [3.05, 3.63) is 242 Å². The summed E-state index contributed by atoms with van der Waals surface area (Å²) in [5.74, 6) is 2.77. The Balaban J connectivity index is 1.09. The van der Waals surface area contributed by atoms with Gasteiger partial charge in [-0.25, -0.2) is 4.98 Å². The van der Waals surface area contributed by atoms with E-state index < -0.39 is 60.4 Å². The Morgan fingerprint density at radius 1 is 0.521 bits per heavy atom. The third kappa shape index (κ3) is 7.21. The van der Waals surface area contributed by atoms with Gasteiger partial charge in [0, 0.05) is 22.7 Å². The van der Waals surface area contributed by atoms with Gasteiger partial charge >= 0.3 is 0 Å². The Morgan fingerprint density at radius 3 is 1.85 bits per heavy atom. The van der Waals surface area contributed by atoms with E-state index >= 15 is 0 Å². The summed E-state index contributed by atoms with van der Waals surface area (Å²) >= 11 is 0. The first-order valence-electron chi connectivity index (χ1n) is 28.2. The lowest BCUT2D eigenvalue weighted by Gasteiger charge is -2.28. The van der Waals surface area contributed by atoms with Gasteiger partial charge in [0.05, 0.1) is 58.5 Å². The number of aromatic nitrogens is 4. The predicted molar refractivity (Wildman–Crippen MR) is 287 cm³/mol. The van der Waals surface area contributed by atoms with Gasteiger partial charge in [0.1, 0.15) is 5.82 Å². The monoisotopic (exact) mass is 927 g/mol. The Hall–Kier alpha value is -9.20. The van der Waals surface area contributed by atoms with Crippen LogP contribution in [0.3, 0.4) is 0 Å². The molecule has 1 aliphatic heterocycles. The van der Waals surface area contributed by atoms with Crippen molar-refractivity contribution in [2.24, 2.45) is 0 Å². The number of hydrogen-bond donors (Lipinski definition) is 0. The summed E-state index contributed by atoms with van der Waals surface area (Å²) < 4.78 is 108. The number of nitrogens with zero attached hydrogens (tertiary/aromatic N) is 5. The maximum atomic E-state index is 9.19. The van der Waals surface area contributed by atoms with Crippen molar-refractivity contribution in [3.8, 4) is 62.4 Å². The molecule has 4 heterocycles. The first-order chi connectivity index (χ1) is 39.0. The van der Waals surface area contributed by atoms with Crippen LogP contribution in [0.4, 0.5) is 17.1 Å². The Morgan fingerprint density at radius 2 is 1.13 bits per heavy atom. The summed E-state index contributed by atoms with van der Waals surface area (Å²) in [6, 6.07) is 46.8. The molecule has 0 saturated heterocycles. The van der Waals surface area contributed by atoms with E-state index in [1.165, 1.54) is 0 Å². The fraction of sp³-hybridized carbons (Fsp3) is 0.0625. The van der Waals surface area contributed by atoms with Gasteiger partial charge in [-0.2, -0.15) is 0 Å². The summed E-state index contributed by atoms with van der Waals surface area (Å²) in [6.45, 7) is 6.56. The number of benzene rings is 9. The van der Waals surface area contributed by atoms with Crippen LogP contribution in [-0.2, 0) is 5.41 Å². The van der Waals surface area contributed by atoms with Crippen molar-refractivity contribution in [3.63, 3.8) is 0 Å². The van der Waals surface area contributed by atoms with Crippen LogP contribution >= 0.6 is 0 Å². The molecule has 0 bridgehead atoms. The molecule has 0 N–H and O–H groups in total. The predicted octanol–water partition coefficient (Wildman–Crippen LogP) is 16.2. The highest BCUT2D eigenvalue weighted by atomic mass is 16.5. The number of pyridine rings is 1. The molecule has 0 saturated carbocycles. The van der Waals surface area contributed by atoms with Crippen molar-refractivity contribution >= 4 is 49.9 Å². The zero-order valence-electron chi connectivity index (χ0n) is 48.7. The van der Waals surface area contributed by atoms with Crippen molar-refractivity contribution < 1.29 is 27.7 Å². The number of ether oxygens (including phenoxy) is 2. The third-order valence-electron chi connectivity index (χ3n) is 13.0. The van der Waals surface area contributed by atoms with Gasteiger partial charge in [-0.1, -0.05) is 172 Å². The second-order valence-corrected chi connectivity index (χ2v) is 18.3. The molecule has 12 aromatic rings. The second kappa shape index (κ2) is 16.8. The van der Waals surface area contributed by atoms with Gasteiger partial charge < -0.3 is 14.4 Å². The van der Waals surface area contributed by atoms with Crippen LogP contribution in [0, 0.1) is 6.33 Å².